The third kappa shape index (κ3) is 3.14. The molecule has 0 radical (unpaired) electrons. The smallest absolute Gasteiger partial charge is 0.239 e. The lowest BCUT2D eigenvalue weighted by Gasteiger charge is -2.24. The molecule has 2 aliphatic heterocycles. The van der Waals surface area contributed by atoms with Crippen molar-refractivity contribution in [2.75, 3.05) is 46.9 Å². The maximum absolute atomic E-state index is 11.9. The van der Waals surface area contributed by atoms with Gasteiger partial charge in [0.25, 0.3) is 0 Å². The molecule has 116 valence electrons. The van der Waals surface area contributed by atoms with Crippen molar-refractivity contribution in [3.8, 4) is 0 Å². The monoisotopic (exact) mass is 294 g/mol. The Balaban J connectivity index is 1.78. The highest BCUT2D eigenvalue weighted by Gasteiger charge is 2.32. The number of carbonyl (C=O) groups is 1. The number of ketones is 1. The van der Waals surface area contributed by atoms with Gasteiger partial charge >= 0.3 is 0 Å². The second-order valence-corrected chi connectivity index (χ2v) is 5.95. The molecule has 2 atom stereocenters. The van der Waals surface area contributed by atoms with Crippen LogP contribution in [0, 0.1) is 0 Å². The molecule has 0 N–H and O–H groups in total. The van der Waals surface area contributed by atoms with Crippen molar-refractivity contribution in [1.29, 1.82) is 0 Å². The normalized spacial score (nSPS) is 29.5. The second-order valence-electron chi connectivity index (χ2n) is 5.95. The van der Waals surface area contributed by atoms with Gasteiger partial charge in [-0.1, -0.05) is 5.16 Å². The Hall–Kier alpha value is -1.31. The number of hydrogen-bond acceptors (Lipinski definition) is 7. The average molecular weight is 294 g/mol. The first-order valence-electron chi connectivity index (χ1n) is 7.48. The molecule has 7 heteroatoms. The predicted octanol–water partition coefficient (Wildman–Crippen LogP) is 0.451. The highest BCUT2D eigenvalue weighted by atomic mass is 16.5. The summed E-state index contributed by atoms with van der Waals surface area (Å²) < 4.78 is 10.7. The van der Waals surface area contributed by atoms with Crippen molar-refractivity contribution in [2.24, 2.45) is 0 Å². The number of Topliss-reactive ketones (excluding diaryl/α,β-unsaturated/α-hetero) is 1. The van der Waals surface area contributed by atoms with Crippen molar-refractivity contribution >= 4 is 5.78 Å². The van der Waals surface area contributed by atoms with E-state index in [4.69, 9.17) is 9.26 Å². The summed E-state index contributed by atoms with van der Waals surface area (Å²) in [4.78, 5) is 20.9. The summed E-state index contributed by atoms with van der Waals surface area (Å²) in [5, 5.41) is 4.11. The van der Waals surface area contributed by atoms with Gasteiger partial charge in [0.1, 0.15) is 11.7 Å². The summed E-state index contributed by atoms with van der Waals surface area (Å²) in [6.07, 6.45) is 1.55. The van der Waals surface area contributed by atoms with Crippen LogP contribution in [-0.4, -0.2) is 72.7 Å². The first kappa shape index (κ1) is 14.6. The van der Waals surface area contributed by atoms with Gasteiger partial charge in [-0.25, -0.2) is 0 Å². The second kappa shape index (κ2) is 6.21. The molecule has 1 aromatic rings. The Morgan fingerprint density at radius 3 is 2.95 bits per heavy atom. The van der Waals surface area contributed by atoms with Gasteiger partial charge in [0, 0.05) is 13.0 Å². The summed E-state index contributed by atoms with van der Waals surface area (Å²) in [6, 6.07) is 0.106. The Morgan fingerprint density at radius 2 is 2.14 bits per heavy atom. The van der Waals surface area contributed by atoms with Crippen LogP contribution in [0.3, 0.4) is 0 Å². The highest BCUT2D eigenvalue weighted by Crippen LogP contribution is 2.25. The fourth-order valence-corrected chi connectivity index (χ4v) is 2.92. The van der Waals surface area contributed by atoms with Gasteiger partial charge in [-0.05, 0) is 33.6 Å². The zero-order chi connectivity index (χ0) is 14.8. The van der Waals surface area contributed by atoms with Gasteiger partial charge in [0.15, 0.2) is 5.82 Å². The molecule has 2 aliphatic rings. The van der Waals surface area contributed by atoms with Gasteiger partial charge in [-0.15, -0.1) is 0 Å². The SMILES string of the molecule is CN1CCCN(C)C(c2noc(C3COCCC3=O)n2)C1. The number of rotatable bonds is 2. The van der Waals surface area contributed by atoms with E-state index in [1.165, 1.54) is 0 Å². The predicted molar refractivity (Wildman–Crippen MR) is 75.0 cm³/mol. The molecule has 2 saturated heterocycles. The molecule has 0 aromatic carbocycles. The van der Waals surface area contributed by atoms with Gasteiger partial charge < -0.3 is 14.2 Å². The van der Waals surface area contributed by atoms with Crippen LogP contribution in [-0.2, 0) is 9.53 Å². The fraction of sp³-hybridized carbons (Fsp3) is 0.786. The van der Waals surface area contributed by atoms with Crippen molar-refractivity contribution in [2.45, 2.75) is 24.8 Å². The lowest BCUT2D eigenvalue weighted by Crippen LogP contribution is -2.31. The maximum Gasteiger partial charge on any atom is 0.239 e. The lowest BCUT2D eigenvalue weighted by atomic mass is 10.0. The van der Waals surface area contributed by atoms with E-state index in [9.17, 15) is 4.79 Å². The first-order valence-corrected chi connectivity index (χ1v) is 7.48. The summed E-state index contributed by atoms with van der Waals surface area (Å²) in [5.74, 6) is 0.797. The molecule has 0 saturated carbocycles. The van der Waals surface area contributed by atoms with Crippen LogP contribution in [0.4, 0.5) is 0 Å². The Kier molecular flexibility index (Phi) is 4.32. The number of likely N-dealkylation sites (N-methyl/N-ethyl adjacent to an activating group) is 2. The summed E-state index contributed by atoms with van der Waals surface area (Å²) in [5.41, 5.74) is 0. The molecule has 7 nitrogen and oxygen atoms in total. The van der Waals surface area contributed by atoms with E-state index in [1.807, 2.05) is 0 Å². The van der Waals surface area contributed by atoms with E-state index >= 15 is 0 Å². The highest BCUT2D eigenvalue weighted by molar-refractivity contribution is 5.85. The minimum Gasteiger partial charge on any atom is -0.380 e. The number of carbonyl (C=O) groups excluding carboxylic acids is 1. The molecule has 3 rings (SSSR count). The number of hydrogen-bond donors (Lipinski definition) is 0. The minimum absolute atomic E-state index is 0.106. The zero-order valence-corrected chi connectivity index (χ0v) is 12.6. The van der Waals surface area contributed by atoms with Crippen LogP contribution in [0.1, 0.15) is 36.5 Å². The summed E-state index contributed by atoms with van der Waals surface area (Å²) >= 11 is 0. The number of ether oxygens (including phenoxy) is 1. The average Bonchev–Trinajstić information content (AvgIpc) is 2.88. The fourth-order valence-electron chi connectivity index (χ4n) is 2.92. The van der Waals surface area contributed by atoms with Crippen molar-refractivity contribution in [3.63, 3.8) is 0 Å². The molecule has 3 heterocycles. The van der Waals surface area contributed by atoms with Crippen molar-refractivity contribution in [1.82, 2.24) is 19.9 Å². The molecule has 1 aromatic heterocycles. The molecule has 0 amide bonds. The first-order chi connectivity index (χ1) is 10.1. The Labute approximate surface area is 124 Å². The molecule has 2 fully saturated rings. The van der Waals surface area contributed by atoms with Gasteiger partial charge in [-0.2, -0.15) is 4.98 Å². The Bertz CT molecular complexity index is 504. The van der Waals surface area contributed by atoms with Crippen LogP contribution >= 0.6 is 0 Å². The largest absolute Gasteiger partial charge is 0.380 e. The lowest BCUT2D eigenvalue weighted by molar-refractivity contribution is -0.127. The van der Waals surface area contributed by atoms with Gasteiger partial charge in [0.2, 0.25) is 5.89 Å². The summed E-state index contributed by atoms with van der Waals surface area (Å²) in [7, 11) is 4.18. The third-order valence-corrected chi connectivity index (χ3v) is 4.29. The standard InChI is InChI=1S/C14H22N4O3/c1-17-5-3-6-18(2)11(8-17)13-15-14(21-16-13)10-9-20-7-4-12(10)19/h10-11H,3-9H2,1-2H3. The van der Waals surface area contributed by atoms with E-state index in [0.29, 0.717) is 31.3 Å². The molecule has 0 bridgehead atoms. The van der Waals surface area contributed by atoms with Gasteiger partial charge in [0.05, 0.1) is 19.3 Å². The third-order valence-electron chi connectivity index (χ3n) is 4.29. The maximum atomic E-state index is 11.9. The van der Waals surface area contributed by atoms with E-state index in [-0.39, 0.29) is 11.8 Å². The van der Waals surface area contributed by atoms with Crippen molar-refractivity contribution in [3.05, 3.63) is 11.7 Å². The van der Waals surface area contributed by atoms with E-state index in [1.54, 1.807) is 0 Å². The topological polar surface area (TPSA) is 71.7 Å². The molecule has 0 aliphatic carbocycles. The quantitative estimate of drug-likeness (QED) is 0.784. The summed E-state index contributed by atoms with van der Waals surface area (Å²) in [6.45, 7) is 3.78. The van der Waals surface area contributed by atoms with E-state index in [2.05, 4.69) is 34.0 Å². The molecule has 0 spiro atoms. The van der Waals surface area contributed by atoms with Gasteiger partial charge in [-0.3, -0.25) is 9.69 Å². The number of nitrogens with zero attached hydrogens (tertiary/aromatic N) is 4. The minimum atomic E-state index is -0.395. The van der Waals surface area contributed by atoms with Crippen LogP contribution < -0.4 is 0 Å². The Morgan fingerprint density at radius 1 is 1.29 bits per heavy atom. The van der Waals surface area contributed by atoms with Crippen LogP contribution in [0.25, 0.3) is 0 Å². The molecule has 21 heavy (non-hydrogen) atoms. The van der Waals surface area contributed by atoms with Crippen molar-refractivity contribution < 1.29 is 14.1 Å². The molecular weight excluding hydrogens is 272 g/mol. The van der Waals surface area contributed by atoms with E-state index in [0.717, 1.165) is 26.1 Å². The zero-order valence-electron chi connectivity index (χ0n) is 12.6. The van der Waals surface area contributed by atoms with Crippen LogP contribution in [0.2, 0.25) is 0 Å². The molecular formula is C14H22N4O3. The van der Waals surface area contributed by atoms with E-state index < -0.39 is 5.92 Å². The van der Waals surface area contributed by atoms with Crippen LogP contribution in [0.5, 0.6) is 0 Å². The number of aromatic nitrogens is 2. The molecule has 2 unspecified atom stereocenters. The van der Waals surface area contributed by atoms with Crippen LogP contribution in [0.15, 0.2) is 4.52 Å².